The fraction of sp³-hybridized carbons (Fsp3) is 0.368. The van der Waals surface area contributed by atoms with Gasteiger partial charge in [-0.05, 0) is 36.1 Å². The maximum atomic E-state index is 14.5. The van der Waals surface area contributed by atoms with Crippen molar-refractivity contribution in [3.63, 3.8) is 0 Å². The minimum atomic E-state index is -0.684. The highest BCUT2D eigenvalue weighted by molar-refractivity contribution is 5.88. The molecular weight excluding hydrogens is 340 g/mol. The van der Waals surface area contributed by atoms with Crippen LogP contribution < -0.4 is 15.8 Å². The number of nitrogens with two attached hydrogens (primary N) is 1. The summed E-state index contributed by atoms with van der Waals surface area (Å²) in [5, 5.41) is 2.50. The van der Waals surface area contributed by atoms with Gasteiger partial charge in [-0.1, -0.05) is 13.8 Å². The van der Waals surface area contributed by atoms with Crippen molar-refractivity contribution in [1.29, 1.82) is 0 Å². The van der Waals surface area contributed by atoms with Crippen molar-refractivity contribution < 1.29 is 18.3 Å². The third-order valence-corrected chi connectivity index (χ3v) is 3.62. The van der Waals surface area contributed by atoms with Crippen LogP contribution in [-0.2, 0) is 4.79 Å². The summed E-state index contributed by atoms with van der Waals surface area (Å²) in [4.78, 5) is 15.1. The Morgan fingerprint density at radius 2 is 2.00 bits per heavy atom. The zero-order chi connectivity index (χ0) is 19.3. The van der Waals surface area contributed by atoms with Crippen LogP contribution in [0.2, 0.25) is 0 Å². The Hall–Kier alpha value is -2.54. The van der Waals surface area contributed by atoms with Crippen LogP contribution in [0.4, 0.5) is 14.6 Å². The van der Waals surface area contributed by atoms with Crippen LogP contribution in [0.15, 0.2) is 30.5 Å². The maximum absolute atomic E-state index is 14.5. The van der Waals surface area contributed by atoms with Gasteiger partial charge in [0.25, 0.3) is 0 Å². The van der Waals surface area contributed by atoms with Crippen molar-refractivity contribution in [3.8, 4) is 16.9 Å². The molecule has 0 bridgehead atoms. The molecule has 0 saturated heterocycles. The number of amides is 1. The van der Waals surface area contributed by atoms with Gasteiger partial charge < -0.3 is 15.8 Å². The van der Waals surface area contributed by atoms with Gasteiger partial charge in [-0.3, -0.25) is 4.79 Å². The normalized spacial score (nSPS) is 12.1. The van der Waals surface area contributed by atoms with Gasteiger partial charge in [0.05, 0.1) is 0 Å². The van der Waals surface area contributed by atoms with E-state index < -0.39 is 11.6 Å². The second kappa shape index (κ2) is 8.71. The fourth-order valence-electron chi connectivity index (χ4n) is 2.58. The number of rotatable bonds is 7. The van der Waals surface area contributed by atoms with Gasteiger partial charge in [0.2, 0.25) is 5.91 Å². The van der Waals surface area contributed by atoms with Crippen molar-refractivity contribution in [1.82, 2.24) is 4.98 Å². The number of nitrogens with zero attached hydrogens (tertiary/aromatic N) is 1. The summed E-state index contributed by atoms with van der Waals surface area (Å²) < 4.78 is 34.1. The highest BCUT2D eigenvalue weighted by atomic mass is 19.1. The Bertz CT molecular complexity index is 781. The van der Waals surface area contributed by atoms with Crippen molar-refractivity contribution in [3.05, 3.63) is 42.1 Å². The molecule has 0 aliphatic rings. The summed E-state index contributed by atoms with van der Waals surface area (Å²) in [6.45, 7) is 5.50. The molecule has 1 atom stereocenters. The molecule has 0 spiro atoms. The number of hydrogen-bond donors (Lipinski definition) is 2. The number of pyridine rings is 1. The molecule has 26 heavy (non-hydrogen) atoms. The van der Waals surface area contributed by atoms with E-state index in [1.807, 2.05) is 13.8 Å². The van der Waals surface area contributed by atoms with E-state index in [1.54, 1.807) is 0 Å². The number of benzene rings is 1. The van der Waals surface area contributed by atoms with Crippen molar-refractivity contribution in [2.45, 2.75) is 33.2 Å². The Balaban J connectivity index is 2.20. The van der Waals surface area contributed by atoms with E-state index in [-0.39, 0.29) is 35.7 Å². The third-order valence-electron chi connectivity index (χ3n) is 3.62. The second-order valence-corrected chi connectivity index (χ2v) is 6.57. The number of aromatic nitrogens is 1. The van der Waals surface area contributed by atoms with Gasteiger partial charge in [-0.2, -0.15) is 0 Å². The minimum Gasteiger partial charge on any atom is -0.489 e. The molecule has 0 radical (unpaired) electrons. The summed E-state index contributed by atoms with van der Waals surface area (Å²) >= 11 is 0. The number of nitrogens with one attached hydrogen (secondary N) is 1. The largest absolute Gasteiger partial charge is 0.489 e. The zero-order valence-electron chi connectivity index (χ0n) is 15.1. The summed E-state index contributed by atoms with van der Waals surface area (Å²) in [7, 11) is 0. The molecule has 1 heterocycles. The molecule has 0 aliphatic carbocycles. The monoisotopic (exact) mass is 363 g/mol. The molecule has 7 heteroatoms. The lowest BCUT2D eigenvalue weighted by Gasteiger charge is -2.16. The molecule has 2 aromatic rings. The first-order chi connectivity index (χ1) is 12.3. The van der Waals surface area contributed by atoms with Crippen molar-refractivity contribution >= 4 is 11.7 Å². The van der Waals surface area contributed by atoms with Crippen LogP contribution in [0, 0.1) is 17.6 Å². The van der Waals surface area contributed by atoms with E-state index in [9.17, 15) is 13.6 Å². The average Bonchev–Trinajstić information content (AvgIpc) is 2.54. The summed E-state index contributed by atoms with van der Waals surface area (Å²) in [5.41, 5.74) is 6.35. The van der Waals surface area contributed by atoms with E-state index in [4.69, 9.17) is 10.5 Å². The molecule has 2 rings (SSSR count). The Kier molecular flexibility index (Phi) is 6.63. The summed E-state index contributed by atoms with van der Waals surface area (Å²) in [5.74, 6) is -1.16. The Labute approximate surface area is 151 Å². The molecule has 1 aromatic carbocycles. The van der Waals surface area contributed by atoms with Crippen LogP contribution >= 0.6 is 0 Å². The number of anilines is 1. The molecule has 5 nitrogen and oxygen atoms in total. The van der Waals surface area contributed by atoms with Gasteiger partial charge in [-0.15, -0.1) is 0 Å². The quantitative estimate of drug-likeness (QED) is 0.786. The molecule has 1 amide bonds. The first kappa shape index (κ1) is 19.8. The molecular formula is C19H23F2N3O2. The SMILES string of the molecule is CC(=O)Nc1cc(-c2cc(F)c(OC[C@@H](N)CC(C)C)cc2F)ccn1. The molecule has 0 fully saturated rings. The predicted octanol–water partition coefficient (Wildman–Crippen LogP) is 3.74. The highest BCUT2D eigenvalue weighted by Crippen LogP contribution is 2.30. The van der Waals surface area contributed by atoms with E-state index in [2.05, 4.69) is 10.3 Å². The molecule has 0 aliphatic heterocycles. The molecule has 3 N–H and O–H groups in total. The van der Waals surface area contributed by atoms with Gasteiger partial charge in [0.1, 0.15) is 18.2 Å². The second-order valence-electron chi connectivity index (χ2n) is 6.57. The summed E-state index contributed by atoms with van der Waals surface area (Å²) in [6, 6.07) is 4.81. The number of carbonyl (C=O) groups excluding carboxylic acids is 1. The Morgan fingerprint density at radius 3 is 2.65 bits per heavy atom. The van der Waals surface area contributed by atoms with E-state index >= 15 is 0 Å². The molecule has 140 valence electrons. The van der Waals surface area contributed by atoms with Gasteiger partial charge in [0, 0.05) is 30.8 Å². The van der Waals surface area contributed by atoms with Gasteiger partial charge in [-0.25, -0.2) is 13.8 Å². The number of carbonyl (C=O) groups is 1. The van der Waals surface area contributed by atoms with Crippen LogP contribution in [0.3, 0.4) is 0 Å². The first-order valence-corrected chi connectivity index (χ1v) is 8.37. The van der Waals surface area contributed by atoms with Crippen LogP contribution in [0.25, 0.3) is 11.1 Å². The third kappa shape index (κ3) is 5.49. The minimum absolute atomic E-state index is 0.0512. The predicted molar refractivity (Wildman–Crippen MR) is 96.8 cm³/mol. The number of hydrogen-bond acceptors (Lipinski definition) is 4. The topological polar surface area (TPSA) is 77.2 Å². The van der Waals surface area contributed by atoms with E-state index in [0.717, 1.165) is 18.6 Å². The lowest BCUT2D eigenvalue weighted by atomic mass is 10.0. The first-order valence-electron chi connectivity index (χ1n) is 8.37. The van der Waals surface area contributed by atoms with E-state index in [1.165, 1.54) is 25.3 Å². The molecule has 0 saturated carbocycles. The lowest BCUT2D eigenvalue weighted by Crippen LogP contribution is -2.29. The number of ether oxygens (including phenoxy) is 1. The summed E-state index contributed by atoms with van der Waals surface area (Å²) in [6.07, 6.45) is 2.14. The van der Waals surface area contributed by atoms with E-state index in [0.29, 0.717) is 11.5 Å². The van der Waals surface area contributed by atoms with Gasteiger partial charge in [0.15, 0.2) is 11.6 Å². The average molecular weight is 363 g/mol. The van der Waals surface area contributed by atoms with Crippen LogP contribution in [0.1, 0.15) is 27.2 Å². The number of halogens is 2. The van der Waals surface area contributed by atoms with Crippen molar-refractivity contribution in [2.75, 3.05) is 11.9 Å². The van der Waals surface area contributed by atoms with Crippen LogP contribution in [0.5, 0.6) is 5.75 Å². The van der Waals surface area contributed by atoms with Crippen LogP contribution in [-0.4, -0.2) is 23.5 Å². The molecule has 1 aromatic heterocycles. The standard InChI is InChI=1S/C19H23F2N3O2/c1-11(2)6-14(22)10-26-18-9-16(20)15(8-17(18)21)13-4-5-23-19(7-13)24-12(3)25/h4-5,7-9,11,14H,6,10,22H2,1-3H3,(H,23,24,25)/t14-/m0/s1. The fourth-order valence-corrected chi connectivity index (χ4v) is 2.58. The van der Waals surface area contributed by atoms with Crippen molar-refractivity contribution in [2.24, 2.45) is 11.7 Å². The maximum Gasteiger partial charge on any atom is 0.222 e. The smallest absolute Gasteiger partial charge is 0.222 e. The highest BCUT2D eigenvalue weighted by Gasteiger charge is 2.15. The molecule has 0 unspecified atom stereocenters. The Morgan fingerprint density at radius 1 is 1.27 bits per heavy atom. The van der Waals surface area contributed by atoms with Gasteiger partial charge >= 0.3 is 0 Å². The lowest BCUT2D eigenvalue weighted by molar-refractivity contribution is -0.114. The zero-order valence-corrected chi connectivity index (χ0v) is 15.1.